The van der Waals surface area contributed by atoms with Crippen molar-refractivity contribution in [1.29, 1.82) is 0 Å². The highest BCUT2D eigenvalue weighted by Gasteiger charge is 2.17. The monoisotopic (exact) mass is 288 g/mol. The number of pyridine rings is 1. The molecule has 21 heavy (non-hydrogen) atoms. The summed E-state index contributed by atoms with van der Waals surface area (Å²) in [4.78, 5) is 4.68. The molecular formula is C17H28N4. The van der Waals surface area contributed by atoms with Crippen molar-refractivity contribution in [3.8, 4) is 0 Å². The predicted molar refractivity (Wildman–Crippen MR) is 89.9 cm³/mol. The molecule has 0 saturated heterocycles. The van der Waals surface area contributed by atoms with Gasteiger partial charge in [-0.15, -0.1) is 0 Å². The van der Waals surface area contributed by atoms with Gasteiger partial charge in [-0.05, 0) is 37.7 Å². The van der Waals surface area contributed by atoms with Crippen molar-refractivity contribution in [2.75, 3.05) is 11.9 Å². The quantitative estimate of drug-likeness (QED) is 0.724. The summed E-state index contributed by atoms with van der Waals surface area (Å²) in [6.07, 6.45) is 8.71. The molecule has 2 aromatic heterocycles. The summed E-state index contributed by atoms with van der Waals surface area (Å²) in [5.41, 5.74) is 3.59. The highest BCUT2D eigenvalue weighted by Crippen LogP contribution is 2.34. The lowest BCUT2D eigenvalue weighted by molar-refractivity contribution is 0.639. The highest BCUT2D eigenvalue weighted by atomic mass is 15.3. The van der Waals surface area contributed by atoms with Crippen LogP contribution in [0.5, 0.6) is 0 Å². The van der Waals surface area contributed by atoms with Crippen LogP contribution < -0.4 is 5.32 Å². The summed E-state index contributed by atoms with van der Waals surface area (Å²) >= 11 is 0. The van der Waals surface area contributed by atoms with Gasteiger partial charge in [0.1, 0.15) is 0 Å². The van der Waals surface area contributed by atoms with Crippen LogP contribution in [0.15, 0.2) is 12.4 Å². The van der Waals surface area contributed by atoms with Crippen molar-refractivity contribution < 1.29 is 0 Å². The van der Waals surface area contributed by atoms with E-state index in [0.29, 0.717) is 5.92 Å². The molecule has 2 heterocycles. The molecule has 4 heteroatoms. The second kappa shape index (κ2) is 7.43. The van der Waals surface area contributed by atoms with Crippen LogP contribution in [-0.4, -0.2) is 21.3 Å². The van der Waals surface area contributed by atoms with Gasteiger partial charge in [-0.3, -0.25) is 0 Å². The molecule has 0 atom stereocenters. The van der Waals surface area contributed by atoms with E-state index in [4.69, 9.17) is 0 Å². The zero-order valence-electron chi connectivity index (χ0n) is 13.8. The van der Waals surface area contributed by atoms with Crippen LogP contribution >= 0.6 is 0 Å². The smallest absolute Gasteiger partial charge is 0.159 e. The molecule has 0 amide bonds. The topological polar surface area (TPSA) is 42.7 Å². The standard InChI is InChI=1S/C17H28N4/c1-5-9-10-18-16-14(13(6-2)7-3)11-19-17-15(16)12-20-21(17)8-4/h11-13H,5-10H2,1-4H3,(H,18,19). The summed E-state index contributed by atoms with van der Waals surface area (Å²) < 4.78 is 1.97. The fraction of sp³-hybridized carbons (Fsp3) is 0.647. The maximum absolute atomic E-state index is 4.68. The fourth-order valence-electron chi connectivity index (χ4n) is 2.90. The molecule has 0 unspecified atom stereocenters. The highest BCUT2D eigenvalue weighted by molar-refractivity contribution is 5.90. The molecule has 116 valence electrons. The van der Waals surface area contributed by atoms with Crippen LogP contribution in [0, 0.1) is 0 Å². The van der Waals surface area contributed by atoms with Gasteiger partial charge < -0.3 is 5.32 Å². The zero-order valence-corrected chi connectivity index (χ0v) is 13.8. The molecule has 0 fully saturated rings. The van der Waals surface area contributed by atoms with E-state index in [0.717, 1.165) is 37.0 Å². The van der Waals surface area contributed by atoms with Gasteiger partial charge in [0.05, 0.1) is 17.3 Å². The van der Waals surface area contributed by atoms with Crippen LogP contribution in [0.2, 0.25) is 0 Å². The molecule has 0 aliphatic carbocycles. The van der Waals surface area contributed by atoms with Crippen molar-refractivity contribution in [3.63, 3.8) is 0 Å². The maximum atomic E-state index is 4.68. The Labute approximate surface area is 128 Å². The van der Waals surface area contributed by atoms with Gasteiger partial charge in [0, 0.05) is 19.3 Å². The van der Waals surface area contributed by atoms with E-state index in [1.165, 1.54) is 24.1 Å². The molecule has 1 N–H and O–H groups in total. The Hall–Kier alpha value is -1.58. The van der Waals surface area contributed by atoms with Crippen molar-refractivity contribution in [3.05, 3.63) is 18.0 Å². The number of hydrogen-bond donors (Lipinski definition) is 1. The Bertz CT molecular complexity index is 569. The van der Waals surface area contributed by atoms with Crippen LogP contribution in [0.1, 0.15) is 64.9 Å². The fourth-order valence-corrected chi connectivity index (χ4v) is 2.90. The molecule has 2 aromatic rings. The third-order valence-electron chi connectivity index (χ3n) is 4.25. The number of hydrogen-bond acceptors (Lipinski definition) is 3. The SMILES string of the molecule is CCCCNc1c(C(CC)CC)cnc2c1cnn2CC. The molecule has 2 rings (SSSR count). The molecule has 4 nitrogen and oxygen atoms in total. The maximum Gasteiger partial charge on any atom is 0.159 e. The van der Waals surface area contributed by atoms with E-state index in [1.54, 1.807) is 0 Å². The number of fused-ring (bicyclic) bond motifs is 1. The summed E-state index contributed by atoms with van der Waals surface area (Å²) in [6.45, 7) is 10.7. The molecule has 0 saturated carbocycles. The van der Waals surface area contributed by atoms with E-state index in [1.807, 2.05) is 10.9 Å². The lowest BCUT2D eigenvalue weighted by Gasteiger charge is -2.19. The number of nitrogens with one attached hydrogen (secondary N) is 1. The number of aryl methyl sites for hydroxylation is 1. The first-order valence-electron chi connectivity index (χ1n) is 8.34. The Balaban J connectivity index is 2.48. The van der Waals surface area contributed by atoms with Gasteiger partial charge in [-0.1, -0.05) is 27.2 Å². The lowest BCUT2D eigenvalue weighted by Crippen LogP contribution is -2.08. The van der Waals surface area contributed by atoms with E-state index in [2.05, 4.69) is 49.3 Å². The summed E-state index contributed by atoms with van der Waals surface area (Å²) in [7, 11) is 0. The molecule has 0 aliphatic heterocycles. The van der Waals surface area contributed by atoms with Crippen LogP contribution in [-0.2, 0) is 6.54 Å². The number of anilines is 1. The second-order valence-corrected chi connectivity index (χ2v) is 5.58. The first-order chi connectivity index (χ1) is 10.3. The average molecular weight is 288 g/mol. The number of nitrogens with zero attached hydrogens (tertiary/aromatic N) is 3. The Morgan fingerprint density at radius 3 is 2.52 bits per heavy atom. The van der Waals surface area contributed by atoms with Gasteiger partial charge in [-0.2, -0.15) is 5.10 Å². The van der Waals surface area contributed by atoms with Crippen molar-refractivity contribution in [2.45, 2.75) is 65.8 Å². The Morgan fingerprint density at radius 2 is 1.90 bits per heavy atom. The summed E-state index contributed by atoms with van der Waals surface area (Å²) in [5, 5.41) is 9.28. The van der Waals surface area contributed by atoms with E-state index in [-0.39, 0.29) is 0 Å². The summed E-state index contributed by atoms with van der Waals surface area (Å²) in [5.74, 6) is 0.566. The predicted octanol–water partition coefficient (Wildman–Crippen LogP) is 4.57. The molecule has 0 radical (unpaired) electrons. The zero-order chi connectivity index (χ0) is 15.2. The first-order valence-corrected chi connectivity index (χ1v) is 8.34. The van der Waals surface area contributed by atoms with Crippen molar-refractivity contribution in [1.82, 2.24) is 14.8 Å². The Morgan fingerprint density at radius 1 is 1.14 bits per heavy atom. The summed E-state index contributed by atoms with van der Waals surface area (Å²) in [6, 6.07) is 0. The number of unbranched alkanes of at least 4 members (excludes halogenated alkanes) is 1. The third-order valence-corrected chi connectivity index (χ3v) is 4.25. The molecule has 0 bridgehead atoms. The minimum atomic E-state index is 0.566. The van der Waals surface area contributed by atoms with Crippen LogP contribution in [0.3, 0.4) is 0 Å². The van der Waals surface area contributed by atoms with E-state index >= 15 is 0 Å². The van der Waals surface area contributed by atoms with E-state index in [9.17, 15) is 0 Å². The largest absolute Gasteiger partial charge is 0.384 e. The Kier molecular flexibility index (Phi) is 5.59. The normalized spacial score (nSPS) is 11.5. The lowest BCUT2D eigenvalue weighted by atomic mass is 9.93. The van der Waals surface area contributed by atoms with Gasteiger partial charge in [0.25, 0.3) is 0 Å². The van der Waals surface area contributed by atoms with Crippen molar-refractivity contribution in [2.24, 2.45) is 0 Å². The van der Waals surface area contributed by atoms with Crippen LogP contribution in [0.4, 0.5) is 5.69 Å². The molecule has 0 aliphatic rings. The molecular weight excluding hydrogens is 260 g/mol. The molecule has 0 spiro atoms. The van der Waals surface area contributed by atoms with Gasteiger partial charge in [0.15, 0.2) is 5.65 Å². The van der Waals surface area contributed by atoms with Gasteiger partial charge in [-0.25, -0.2) is 9.67 Å². The first kappa shape index (κ1) is 15.8. The third kappa shape index (κ3) is 3.20. The number of aromatic nitrogens is 3. The molecule has 0 aromatic carbocycles. The minimum absolute atomic E-state index is 0.566. The van der Waals surface area contributed by atoms with E-state index < -0.39 is 0 Å². The number of rotatable bonds is 8. The average Bonchev–Trinajstić information content (AvgIpc) is 2.93. The van der Waals surface area contributed by atoms with Gasteiger partial charge in [0.2, 0.25) is 0 Å². The van der Waals surface area contributed by atoms with Crippen molar-refractivity contribution >= 4 is 16.7 Å². The second-order valence-electron chi connectivity index (χ2n) is 5.58. The minimum Gasteiger partial charge on any atom is -0.384 e. The van der Waals surface area contributed by atoms with Gasteiger partial charge >= 0.3 is 0 Å². The van der Waals surface area contributed by atoms with Crippen LogP contribution in [0.25, 0.3) is 11.0 Å².